The van der Waals surface area contributed by atoms with Crippen LogP contribution in [0.25, 0.3) is 0 Å². The molecule has 6 nitrogen and oxygen atoms in total. The number of hydrogen-bond acceptors (Lipinski definition) is 5. The molecule has 26 heavy (non-hydrogen) atoms. The summed E-state index contributed by atoms with van der Waals surface area (Å²) in [5.41, 5.74) is 1.30. The maximum Gasteiger partial charge on any atom is 0.271 e. The Labute approximate surface area is 157 Å². The summed E-state index contributed by atoms with van der Waals surface area (Å²) in [6.45, 7) is 3.02. The topological polar surface area (TPSA) is 86.7 Å². The molecule has 0 unspecified atom stereocenters. The van der Waals surface area contributed by atoms with Gasteiger partial charge in [-0.25, -0.2) is 8.42 Å². The lowest BCUT2D eigenvalue weighted by atomic mass is 10.1. The van der Waals surface area contributed by atoms with Crippen molar-refractivity contribution in [3.63, 3.8) is 0 Å². The summed E-state index contributed by atoms with van der Waals surface area (Å²) in [4.78, 5) is 15.0. The van der Waals surface area contributed by atoms with E-state index in [-0.39, 0.29) is 22.6 Å². The molecule has 2 N–H and O–H groups in total. The minimum Gasteiger partial charge on any atom is -0.393 e. The molecule has 1 aromatic heterocycles. The van der Waals surface area contributed by atoms with E-state index < -0.39 is 10.0 Å². The molecule has 1 saturated heterocycles. The van der Waals surface area contributed by atoms with Gasteiger partial charge in [-0.3, -0.25) is 9.52 Å². The molecule has 1 amide bonds. The van der Waals surface area contributed by atoms with Gasteiger partial charge >= 0.3 is 0 Å². The molecule has 8 heteroatoms. The van der Waals surface area contributed by atoms with Crippen LogP contribution >= 0.6 is 11.3 Å². The van der Waals surface area contributed by atoms with Gasteiger partial charge < -0.3 is 10.0 Å². The molecule has 1 fully saturated rings. The summed E-state index contributed by atoms with van der Waals surface area (Å²) in [5, 5.41) is 9.51. The Hall–Kier alpha value is -1.90. The zero-order chi connectivity index (χ0) is 18.7. The first-order chi connectivity index (χ1) is 12.3. The third kappa shape index (κ3) is 4.63. The van der Waals surface area contributed by atoms with Gasteiger partial charge in [0.25, 0.3) is 10.0 Å². The highest BCUT2D eigenvalue weighted by Gasteiger charge is 2.21. The van der Waals surface area contributed by atoms with E-state index in [1.54, 1.807) is 41.3 Å². The number of aliphatic hydroxyl groups excluding tert-OH is 1. The normalized spacial score (nSPS) is 15.8. The Morgan fingerprint density at radius 1 is 1.19 bits per heavy atom. The lowest BCUT2D eigenvalue weighted by molar-refractivity contribution is -0.132. The van der Waals surface area contributed by atoms with Crippen molar-refractivity contribution in [3.8, 4) is 0 Å². The molecule has 1 aliphatic rings. The summed E-state index contributed by atoms with van der Waals surface area (Å²) in [7, 11) is -3.58. The molecule has 0 saturated carbocycles. The minimum absolute atomic E-state index is 0.0271. The number of nitrogens with one attached hydrogen (secondary N) is 1. The fourth-order valence-electron chi connectivity index (χ4n) is 2.85. The first kappa shape index (κ1) is 18.9. The van der Waals surface area contributed by atoms with Gasteiger partial charge in [0.15, 0.2) is 0 Å². The van der Waals surface area contributed by atoms with E-state index in [1.165, 1.54) is 11.3 Å². The van der Waals surface area contributed by atoms with Crippen LogP contribution in [0.1, 0.15) is 23.3 Å². The summed E-state index contributed by atoms with van der Waals surface area (Å²) in [5.74, 6) is 0.0271. The number of amides is 1. The van der Waals surface area contributed by atoms with Gasteiger partial charge in [-0.2, -0.15) is 0 Å². The van der Waals surface area contributed by atoms with Crippen molar-refractivity contribution in [3.05, 3.63) is 46.8 Å². The zero-order valence-corrected chi connectivity index (χ0v) is 16.1. The smallest absolute Gasteiger partial charge is 0.271 e. The molecule has 0 aliphatic carbocycles. The second-order valence-corrected chi connectivity index (χ2v) is 9.65. The first-order valence-electron chi connectivity index (χ1n) is 8.47. The molecule has 1 aliphatic heterocycles. The number of aryl methyl sites for hydroxylation is 1. The molecular formula is C18H22N2O4S2. The van der Waals surface area contributed by atoms with Crippen LogP contribution in [0.4, 0.5) is 5.69 Å². The Bertz CT molecular complexity index is 867. The van der Waals surface area contributed by atoms with Gasteiger partial charge in [-0.05, 0) is 49.6 Å². The fourth-order valence-corrected chi connectivity index (χ4v) is 5.20. The SMILES string of the molecule is Cc1ccc(S(=O)(=O)Nc2ccc(CC(=O)N3CCC(O)CC3)cc2)s1. The summed E-state index contributed by atoms with van der Waals surface area (Å²) in [6.07, 6.45) is 1.20. The lowest BCUT2D eigenvalue weighted by Gasteiger charge is -2.29. The van der Waals surface area contributed by atoms with Crippen molar-refractivity contribution in [1.29, 1.82) is 0 Å². The largest absolute Gasteiger partial charge is 0.393 e. The van der Waals surface area contributed by atoms with Crippen molar-refractivity contribution < 1.29 is 18.3 Å². The molecule has 140 valence electrons. The average molecular weight is 395 g/mol. The van der Waals surface area contributed by atoms with E-state index in [1.807, 2.05) is 6.92 Å². The fraction of sp³-hybridized carbons (Fsp3) is 0.389. The Morgan fingerprint density at radius 3 is 2.42 bits per heavy atom. The first-order valence-corrected chi connectivity index (χ1v) is 10.8. The van der Waals surface area contributed by atoms with E-state index in [0.717, 1.165) is 10.4 Å². The minimum atomic E-state index is -3.58. The Balaban J connectivity index is 1.61. The Kier molecular flexibility index (Phi) is 5.64. The third-order valence-electron chi connectivity index (χ3n) is 4.36. The van der Waals surface area contributed by atoms with Gasteiger partial charge in [0.05, 0.1) is 12.5 Å². The number of carbonyl (C=O) groups is 1. The van der Waals surface area contributed by atoms with Gasteiger partial charge in [-0.15, -0.1) is 11.3 Å². The van der Waals surface area contributed by atoms with Crippen LogP contribution in [0.2, 0.25) is 0 Å². The van der Waals surface area contributed by atoms with Crippen LogP contribution in [0.3, 0.4) is 0 Å². The van der Waals surface area contributed by atoms with Crippen molar-refractivity contribution in [1.82, 2.24) is 4.90 Å². The van der Waals surface area contributed by atoms with Crippen molar-refractivity contribution in [2.24, 2.45) is 0 Å². The molecule has 0 radical (unpaired) electrons. The quantitative estimate of drug-likeness (QED) is 0.815. The van der Waals surface area contributed by atoms with Crippen molar-refractivity contribution in [2.45, 2.75) is 36.5 Å². The molecule has 1 aromatic carbocycles. The third-order valence-corrected chi connectivity index (χ3v) is 7.23. The number of piperidine rings is 1. The second-order valence-electron chi connectivity index (χ2n) is 6.46. The van der Waals surface area contributed by atoms with Crippen LogP contribution in [-0.2, 0) is 21.2 Å². The number of sulfonamides is 1. The van der Waals surface area contributed by atoms with E-state index in [9.17, 15) is 18.3 Å². The maximum absolute atomic E-state index is 12.3. The van der Waals surface area contributed by atoms with Crippen LogP contribution in [-0.4, -0.2) is 43.5 Å². The number of aliphatic hydroxyl groups is 1. The van der Waals surface area contributed by atoms with E-state index in [0.29, 0.717) is 31.6 Å². The van der Waals surface area contributed by atoms with Gasteiger partial charge in [0.1, 0.15) is 4.21 Å². The number of benzene rings is 1. The lowest BCUT2D eigenvalue weighted by Crippen LogP contribution is -2.40. The molecule has 2 heterocycles. The monoisotopic (exact) mass is 394 g/mol. The van der Waals surface area contributed by atoms with E-state index in [4.69, 9.17) is 0 Å². The summed E-state index contributed by atoms with van der Waals surface area (Å²) in [6, 6.07) is 10.2. The standard InChI is InChI=1S/C18H22N2O4S2/c1-13-2-7-18(25-13)26(23,24)19-15-5-3-14(4-6-15)12-17(22)20-10-8-16(21)9-11-20/h2-7,16,19,21H,8-12H2,1H3. The van der Waals surface area contributed by atoms with Gasteiger partial charge in [0.2, 0.25) is 5.91 Å². The molecule has 0 bridgehead atoms. The number of anilines is 1. The number of hydrogen-bond donors (Lipinski definition) is 2. The number of rotatable bonds is 5. The van der Waals surface area contributed by atoms with Gasteiger partial charge in [-0.1, -0.05) is 12.1 Å². The van der Waals surface area contributed by atoms with E-state index in [2.05, 4.69) is 4.72 Å². The van der Waals surface area contributed by atoms with Crippen LogP contribution in [0, 0.1) is 6.92 Å². The zero-order valence-electron chi connectivity index (χ0n) is 14.5. The Morgan fingerprint density at radius 2 is 1.85 bits per heavy atom. The van der Waals surface area contributed by atoms with Crippen molar-refractivity contribution >= 4 is 33.0 Å². The van der Waals surface area contributed by atoms with Crippen LogP contribution < -0.4 is 4.72 Å². The molecular weight excluding hydrogens is 372 g/mol. The van der Waals surface area contributed by atoms with Crippen LogP contribution in [0.15, 0.2) is 40.6 Å². The summed E-state index contributed by atoms with van der Waals surface area (Å²) >= 11 is 1.22. The molecule has 3 rings (SSSR count). The van der Waals surface area contributed by atoms with Crippen LogP contribution in [0.5, 0.6) is 0 Å². The number of nitrogens with zero attached hydrogens (tertiary/aromatic N) is 1. The molecule has 0 spiro atoms. The number of thiophene rings is 1. The predicted molar refractivity (Wildman–Crippen MR) is 102 cm³/mol. The second kappa shape index (κ2) is 7.77. The molecule has 0 atom stereocenters. The predicted octanol–water partition coefficient (Wildman–Crippen LogP) is 2.38. The maximum atomic E-state index is 12.3. The average Bonchev–Trinajstić information content (AvgIpc) is 3.04. The van der Waals surface area contributed by atoms with E-state index >= 15 is 0 Å². The highest BCUT2D eigenvalue weighted by atomic mass is 32.2. The summed E-state index contributed by atoms with van der Waals surface area (Å²) < 4.78 is 27.5. The number of likely N-dealkylation sites (tertiary alicyclic amines) is 1. The highest BCUT2D eigenvalue weighted by molar-refractivity contribution is 7.94. The van der Waals surface area contributed by atoms with Crippen molar-refractivity contribution in [2.75, 3.05) is 17.8 Å². The molecule has 2 aromatic rings. The van der Waals surface area contributed by atoms with Gasteiger partial charge in [0, 0.05) is 23.7 Å². The number of carbonyl (C=O) groups excluding carboxylic acids is 1. The highest BCUT2D eigenvalue weighted by Crippen LogP contribution is 2.23.